The summed E-state index contributed by atoms with van der Waals surface area (Å²) >= 11 is 0. The zero-order chi connectivity index (χ0) is 19.3. The van der Waals surface area contributed by atoms with Crippen LogP contribution in [0.15, 0.2) is 34.2 Å². The van der Waals surface area contributed by atoms with Crippen LogP contribution in [0.3, 0.4) is 0 Å². The molecule has 1 aliphatic heterocycles. The molecule has 1 N–H and O–H groups in total. The molecule has 0 aliphatic carbocycles. The molecule has 0 saturated carbocycles. The van der Waals surface area contributed by atoms with Gasteiger partial charge < -0.3 is 24.3 Å². The van der Waals surface area contributed by atoms with Gasteiger partial charge in [0, 0.05) is 58.0 Å². The van der Waals surface area contributed by atoms with Crippen LogP contribution in [0.1, 0.15) is 26.2 Å². The second-order valence-electron chi connectivity index (χ2n) is 6.84. The van der Waals surface area contributed by atoms with Crippen molar-refractivity contribution in [1.29, 1.82) is 0 Å². The summed E-state index contributed by atoms with van der Waals surface area (Å²) in [6.45, 7) is 8.57. The van der Waals surface area contributed by atoms with Gasteiger partial charge in [-0.2, -0.15) is 0 Å². The Labute approximate surface area is 162 Å². The monoisotopic (exact) mass is 378 g/mol. The lowest BCUT2D eigenvalue weighted by molar-refractivity contribution is 0.0536. The van der Waals surface area contributed by atoms with Crippen LogP contribution in [0.4, 0.5) is 0 Å². The first-order valence-electron chi connectivity index (χ1n) is 10.00. The number of nitrogens with one attached hydrogen (secondary N) is 1. The maximum absolute atomic E-state index is 11.7. The Bertz CT molecular complexity index is 617. The fraction of sp³-hybridized carbons (Fsp3) is 0.700. The zero-order valence-electron chi connectivity index (χ0n) is 16.7. The number of nitrogens with zero attached hydrogens (tertiary/aromatic N) is 3. The Morgan fingerprint density at radius 3 is 3.00 bits per heavy atom. The van der Waals surface area contributed by atoms with Crippen molar-refractivity contribution in [3.8, 4) is 0 Å². The van der Waals surface area contributed by atoms with Crippen LogP contribution in [-0.4, -0.2) is 68.5 Å². The van der Waals surface area contributed by atoms with Crippen LogP contribution >= 0.6 is 0 Å². The smallest absolute Gasteiger partial charge is 0.250 e. The Morgan fingerprint density at radius 1 is 1.33 bits per heavy atom. The number of hydrogen-bond donors (Lipinski definition) is 1. The molecule has 152 valence electrons. The summed E-state index contributed by atoms with van der Waals surface area (Å²) in [6, 6.07) is 5.27. The molecule has 2 rings (SSSR count). The Balaban J connectivity index is 1.72. The number of aryl methyl sites for hydroxylation is 1. The van der Waals surface area contributed by atoms with Crippen LogP contribution in [0.25, 0.3) is 0 Å². The quantitative estimate of drug-likeness (QED) is 0.360. The molecule has 1 aromatic rings. The first kappa shape index (κ1) is 21.4. The number of methoxy groups -OCH3 is 1. The number of unbranched alkanes of at least 4 members (excludes halogenated alkanes) is 1. The van der Waals surface area contributed by atoms with Gasteiger partial charge in [-0.3, -0.25) is 9.79 Å². The average molecular weight is 379 g/mol. The van der Waals surface area contributed by atoms with Gasteiger partial charge in [0.2, 0.25) is 5.56 Å². The van der Waals surface area contributed by atoms with E-state index in [9.17, 15) is 4.79 Å². The Morgan fingerprint density at radius 2 is 2.22 bits per heavy atom. The SMILES string of the molecule is CCNC(=NCCCCn1ccccc1=O)N1CCC(COCCOC)C1. The van der Waals surface area contributed by atoms with E-state index in [2.05, 4.69) is 17.1 Å². The summed E-state index contributed by atoms with van der Waals surface area (Å²) in [5.41, 5.74) is 0.0603. The lowest BCUT2D eigenvalue weighted by Gasteiger charge is -2.21. The van der Waals surface area contributed by atoms with Gasteiger partial charge in [-0.25, -0.2) is 0 Å². The van der Waals surface area contributed by atoms with E-state index in [0.717, 1.165) is 64.6 Å². The zero-order valence-corrected chi connectivity index (χ0v) is 16.7. The molecule has 1 atom stereocenters. The molecule has 7 heteroatoms. The van der Waals surface area contributed by atoms with Crippen molar-refractivity contribution in [3.05, 3.63) is 34.7 Å². The first-order valence-corrected chi connectivity index (χ1v) is 10.00. The largest absolute Gasteiger partial charge is 0.382 e. The molecule has 1 fully saturated rings. The third-order valence-corrected chi connectivity index (χ3v) is 4.67. The minimum absolute atomic E-state index is 0.0603. The number of ether oxygens (including phenoxy) is 2. The van der Waals surface area contributed by atoms with E-state index in [-0.39, 0.29) is 5.56 Å². The third-order valence-electron chi connectivity index (χ3n) is 4.67. The van der Waals surface area contributed by atoms with E-state index in [4.69, 9.17) is 14.5 Å². The molecular weight excluding hydrogens is 344 g/mol. The summed E-state index contributed by atoms with van der Waals surface area (Å²) in [6.07, 6.45) is 4.89. The molecule has 1 aliphatic rings. The lowest BCUT2D eigenvalue weighted by Crippen LogP contribution is -2.40. The lowest BCUT2D eigenvalue weighted by atomic mass is 10.1. The maximum Gasteiger partial charge on any atom is 0.250 e. The van der Waals surface area contributed by atoms with Gasteiger partial charge in [-0.05, 0) is 32.3 Å². The van der Waals surface area contributed by atoms with Crippen LogP contribution in [-0.2, 0) is 16.0 Å². The van der Waals surface area contributed by atoms with Crippen molar-refractivity contribution in [2.45, 2.75) is 32.7 Å². The predicted octanol–water partition coefficient (Wildman–Crippen LogP) is 1.58. The van der Waals surface area contributed by atoms with Crippen LogP contribution in [0, 0.1) is 5.92 Å². The highest BCUT2D eigenvalue weighted by atomic mass is 16.5. The van der Waals surface area contributed by atoms with E-state index in [1.807, 2.05) is 12.3 Å². The molecule has 2 heterocycles. The highest BCUT2D eigenvalue weighted by Gasteiger charge is 2.24. The van der Waals surface area contributed by atoms with Crippen LogP contribution in [0.5, 0.6) is 0 Å². The van der Waals surface area contributed by atoms with Gasteiger partial charge >= 0.3 is 0 Å². The van der Waals surface area contributed by atoms with Gasteiger partial charge in [0.1, 0.15) is 0 Å². The molecular formula is C20H34N4O3. The molecule has 1 saturated heterocycles. The van der Waals surface area contributed by atoms with Crippen LogP contribution < -0.4 is 10.9 Å². The Kier molecular flexibility index (Phi) is 9.94. The molecule has 1 unspecified atom stereocenters. The molecule has 0 radical (unpaired) electrons. The second kappa shape index (κ2) is 12.5. The molecule has 0 aromatic carbocycles. The van der Waals surface area contributed by atoms with Gasteiger partial charge in [-0.1, -0.05) is 6.07 Å². The van der Waals surface area contributed by atoms with Gasteiger partial charge in [-0.15, -0.1) is 0 Å². The number of aromatic nitrogens is 1. The average Bonchev–Trinajstić information content (AvgIpc) is 3.14. The third kappa shape index (κ3) is 7.72. The summed E-state index contributed by atoms with van der Waals surface area (Å²) in [5, 5.41) is 3.40. The number of rotatable bonds is 11. The maximum atomic E-state index is 11.7. The summed E-state index contributed by atoms with van der Waals surface area (Å²) in [5.74, 6) is 1.55. The second-order valence-corrected chi connectivity index (χ2v) is 6.84. The minimum Gasteiger partial charge on any atom is -0.382 e. The topological polar surface area (TPSA) is 68.1 Å². The van der Waals surface area contributed by atoms with Crippen molar-refractivity contribution >= 4 is 5.96 Å². The minimum atomic E-state index is 0.0603. The van der Waals surface area contributed by atoms with E-state index < -0.39 is 0 Å². The van der Waals surface area contributed by atoms with E-state index in [1.165, 1.54) is 0 Å². The number of guanidine groups is 1. The standard InChI is InChI=1S/C20H34N4O3/c1-3-21-20(24-13-9-18(16-24)17-27-15-14-26-2)22-10-5-7-12-23-11-6-4-8-19(23)25/h4,6,8,11,18H,3,5,7,9-10,12-17H2,1-2H3,(H,21,22). The summed E-state index contributed by atoms with van der Waals surface area (Å²) < 4.78 is 12.4. The van der Waals surface area contributed by atoms with Crippen molar-refractivity contribution < 1.29 is 9.47 Å². The highest BCUT2D eigenvalue weighted by molar-refractivity contribution is 5.80. The van der Waals surface area contributed by atoms with Crippen molar-refractivity contribution in [2.24, 2.45) is 10.9 Å². The molecule has 0 spiro atoms. The fourth-order valence-electron chi connectivity index (χ4n) is 3.20. The first-order chi connectivity index (χ1) is 13.2. The summed E-state index contributed by atoms with van der Waals surface area (Å²) in [7, 11) is 1.69. The Hall–Kier alpha value is -1.86. The number of pyridine rings is 1. The molecule has 7 nitrogen and oxygen atoms in total. The number of hydrogen-bond acceptors (Lipinski definition) is 4. The number of aliphatic imine (C=N–C) groups is 1. The highest BCUT2D eigenvalue weighted by Crippen LogP contribution is 2.16. The van der Waals surface area contributed by atoms with E-state index >= 15 is 0 Å². The number of likely N-dealkylation sites (tertiary alicyclic amines) is 1. The van der Waals surface area contributed by atoms with E-state index in [1.54, 1.807) is 23.8 Å². The van der Waals surface area contributed by atoms with Crippen LogP contribution in [0.2, 0.25) is 0 Å². The van der Waals surface area contributed by atoms with Gasteiger partial charge in [0.25, 0.3) is 0 Å². The molecule has 0 bridgehead atoms. The molecule has 27 heavy (non-hydrogen) atoms. The van der Waals surface area contributed by atoms with Gasteiger partial charge in [0.15, 0.2) is 5.96 Å². The van der Waals surface area contributed by atoms with Crippen molar-refractivity contribution in [3.63, 3.8) is 0 Å². The summed E-state index contributed by atoms with van der Waals surface area (Å²) in [4.78, 5) is 18.8. The predicted molar refractivity (Wildman–Crippen MR) is 108 cm³/mol. The van der Waals surface area contributed by atoms with Gasteiger partial charge in [0.05, 0.1) is 19.8 Å². The molecule has 1 aromatic heterocycles. The van der Waals surface area contributed by atoms with Crippen molar-refractivity contribution in [2.75, 3.05) is 53.1 Å². The van der Waals surface area contributed by atoms with Crippen molar-refractivity contribution in [1.82, 2.24) is 14.8 Å². The molecule has 0 amide bonds. The fourth-order valence-corrected chi connectivity index (χ4v) is 3.20. The van der Waals surface area contributed by atoms with E-state index in [0.29, 0.717) is 19.1 Å². The normalized spacial score (nSPS) is 17.5.